The number of anilines is 1. The fourth-order valence-electron chi connectivity index (χ4n) is 3.12. The van der Waals surface area contributed by atoms with Crippen molar-refractivity contribution < 1.29 is 14.0 Å². The summed E-state index contributed by atoms with van der Waals surface area (Å²) in [5.41, 5.74) is 1.27. The lowest BCUT2D eigenvalue weighted by atomic mass is 10.1. The second kappa shape index (κ2) is 8.05. The number of amides is 2. The number of carbonyl (C=O) groups excluding carboxylic acids is 2. The van der Waals surface area contributed by atoms with Gasteiger partial charge in [0.25, 0.3) is 0 Å². The van der Waals surface area contributed by atoms with E-state index in [1.807, 2.05) is 42.5 Å². The number of nitrogens with zero attached hydrogens (tertiary/aromatic N) is 2. The van der Waals surface area contributed by atoms with E-state index in [2.05, 4.69) is 10.3 Å². The molecule has 29 heavy (non-hydrogen) atoms. The lowest BCUT2D eigenvalue weighted by molar-refractivity contribution is -0.127. The average Bonchev–Trinajstić information content (AvgIpc) is 2.98. The fraction of sp³-hybridized carbons (Fsp3) is 0.136. The Morgan fingerprint density at radius 1 is 1.10 bits per heavy atom. The molecule has 146 valence electrons. The molecule has 2 amide bonds. The third kappa shape index (κ3) is 4.14. The van der Waals surface area contributed by atoms with Gasteiger partial charge in [-0.3, -0.25) is 14.5 Å². The number of carbonyl (C=O) groups is 2. The first-order chi connectivity index (χ1) is 14.0. The van der Waals surface area contributed by atoms with E-state index >= 15 is 0 Å². The minimum Gasteiger partial charge on any atom is -0.326 e. The van der Waals surface area contributed by atoms with Gasteiger partial charge < -0.3 is 5.32 Å². The molecule has 0 spiro atoms. The van der Waals surface area contributed by atoms with Gasteiger partial charge in [0.05, 0.1) is 5.69 Å². The van der Waals surface area contributed by atoms with Gasteiger partial charge in [-0.05, 0) is 35.7 Å². The van der Waals surface area contributed by atoms with Crippen molar-refractivity contribution in [1.82, 2.24) is 4.90 Å². The second-order valence-electron chi connectivity index (χ2n) is 6.66. The molecular weight excluding hydrogens is 389 g/mol. The predicted molar refractivity (Wildman–Crippen MR) is 115 cm³/mol. The Morgan fingerprint density at radius 2 is 1.83 bits per heavy atom. The van der Waals surface area contributed by atoms with Crippen LogP contribution in [-0.4, -0.2) is 34.2 Å². The molecule has 1 N–H and O–H groups in total. The average molecular weight is 407 g/mol. The van der Waals surface area contributed by atoms with Gasteiger partial charge in [-0.2, -0.15) is 0 Å². The smallest absolute Gasteiger partial charge is 0.242 e. The molecule has 0 radical (unpaired) electrons. The third-order valence-electron chi connectivity index (χ3n) is 4.62. The maximum atomic E-state index is 13.0. The summed E-state index contributed by atoms with van der Waals surface area (Å²) >= 11 is 1.28. The third-order valence-corrected chi connectivity index (χ3v) is 5.85. The van der Waals surface area contributed by atoms with E-state index in [0.29, 0.717) is 10.9 Å². The number of amidine groups is 1. The number of rotatable bonds is 4. The van der Waals surface area contributed by atoms with E-state index in [1.54, 1.807) is 7.05 Å². The van der Waals surface area contributed by atoms with Crippen molar-refractivity contribution in [1.29, 1.82) is 0 Å². The van der Waals surface area contributed by atoms with Crippen LogP contribution in [0, 0.1) is 5.82 Å². The van der Waals surface area contributed by atoms with E-state index < -0.39 is 5.25 Å². The Labute approximate surface area is 171 Å². The number of fused-ring (bicyclic) bond motifs is 1. The van der Waals surface area contributed by atoms with Crippen LogP contribution in [-0.2, 0) is 9.59 Å². The number of nitrogens with one attached hydrogen (secondary N) is 1. The summed E-state index contributed by atoms with van der Waals surface area (Å²) in [6.45, 7) is 0. The zero-order valence-electron chi connectivity index (χ0n) is 15.6. The number of halogens is 1. The molecule has 0 aliphatic carbocycles. The van der Waals surface area contributed by atoms with Gasteiger partial charge in [0.15, 0.2) is 5.17 Å². The van der Waals surface area contributed by atoms with Gasteiger partial charge in [-0.1, -0.05) is 48.2 Å². The molecule has 0 aromatic heterocycles. The lowest BCUT2D eigenvalue weighted by Crippen LogP contribution is -2.30. The Morgan fingerprint density at radius 3 is 2.62 bits per heavy atom. The van der Waals surface area contributed by atoms with E-state index in [1.165, 1.54) is 40.9 Å². The molecule has 1 unspecified atom stereocenters. The van der Waals surface area contributed by atoms with Crippen LogP contribution in [0.1, 0.15) is 6.42 Å². The zero-order chi connectivity index (χ0) is 20.4. The van der Waals surface area contributed by atoms with Crippen molar-refractivity contribution in [3.63, 3.8) is 0 Å². The quantitative estimate of drug-likeness (QED) is 0.689. The zero-order valence-corrected chi connectivity index (χ0v) is 16.4. The SMILES string of the molecule is CN1C(=O)C(CC(=O)Nc2ccc(F)cc2)SC1=Nc1cccc2ccccc12. The van der Waals surface area contributed by atoms with Crippen LogP contribution >= 0.6 is 11.8 Å². The van der Waals surface area contributed by atoms with Gasteiger partial charge >= 0.3 is 0 Å². The van der Waals surface area contributed by atoms with Crippen LogP contribution in [0.25, 0.3) is 10.8 Å². The number of benzene rings is 3. The fourth-order valence-corrected chi connectivity index (χ4v) is 4.27. The van der Waals surface area contributed by atoms with E-state index in [-0.39, 0.29) is 24.1 Å². The molecule has 3 aromatic carbocycles. The first kappa shape index (κ1) is 19.1. The van der Waals surface area contributed by atoms with Crippen LogP contribution in [0.2, 0.25) is 0 Å². The summed E-state index contributed by atoms with van der Waals surface area (Å²) in [6.07, 6.45) is 0.0137. The van der Waals surface area contributed by atoms with Gasteiger partial charge in [0, 0.05) is 24.5 Å². The van der Waals surface area contributed by atoms with Crippen molar-refractivity contribution >= 4 is 50.9 Å². The molecule has 1 atom stereocenters. The van der Waals surface area contributed by atoms with Crippen molar-refractivity contribution in [3.05, 3.63) is 72.5 Å². The van der Waals surface area contributed by atoms with Crippen molar-refractivity contribution in [3.8, 4) is 0 Å². The van der Waals surface area contributed by atoms with Crippen LogP contribution < -0.4 is 5.32 Å². The molecule has 1 fully saturated rings. The molecule has 0 saturated carbocycles. The highest BCUT2D eigenvalue weighted by molar-refractivity contribution is 8.15. The minimum absolute atomic E-state index is 0.0137. The molecule has 1 aliphatic heterocycles. The Hall–Kier alpha value is -3.19. The van der Waals surface area contributed by atoms with Crippen molar-refractivity contribution in [2.24, 2.45) is 4.99 Å². The Kier molecular flexibility index (Phi) is 5.31. The Bertz CT molecular complexity index is 1110. The van der Waals surface area contributed by atoms with Crippen LogP contribution in [0.4, 0.5) is 15.8 Å². The predicted octanol–water partition coefficient (Wildman–Crippen LogP) is 4.57. The normalized spacial score (nSPS) is 17.9. The molecule has 4 rings (SSSR count). The topological polar surface area (TPSA) is 61.8 Å². The molecular formula is C22H18FN3O2S. The Balaban J connectivity index is 1.50. The maximum Gasteiger partial charge on any atom is 0.242 e. The molecule has 7 heteroatoms. The number of hydrogen-bond acceptors (Lipinski definition) is 4. The van der Waals surface area contributed by atoms with E-state index in [4.69, 9.17) is 0 Å². The van der Waals surface area contributed by atoms with Gasteiger partial charge in [-0.15, -0.1) is 0 Å². The standard InChI is InChI=1S/C22H18FN3O2S/c1-26-21(28)19(13-20(27)24-16-11-9-15(23)10-12-16)29-22(26)25-18-8-4-6-14-5-2-3-7-17(14)18/h2-12,19H,13H2,1H3,(H,24,27). The summed E-state index contributed by atoms with van der Waals surface area (Å²) in [5, 5.41) is 4.78. The number of thioether (sulfide) groups is 1. The molecule has 1 heterocycles. The van der Waals surface area contributed by atoms with Crippen LogP contribution in [0.5, 0.6) is 0 Å². The summed E-state index contributed by atoms with van der Waals surface area (Å²) in [7, 11) is 1.66. The molecule has 5 nitrogen and oxygen atoms in total. The first-order valence-corrected chi connectivity index (χ1v) is 9.95. The molecule has 1 saturated heterocycles. The molecule has 3 aromatic rings. The van der Waals surface area contributed by atoms with Crippen LogP contribution in [0.3, 0.4) is 0 Å². The van der Waals surface area contributed by atoms with Gasteiger partial charge in [0.2, 0.25) is 11.8 Å². The number of aliphatic imine (C=N–C) groups is 1. The summed E-state index contributed by atoms with van der Waals surface area (Å²) in [5.74, 6) is -0.842. The summed E-state index contributed by atoms with van der Waals surface area (Å²) in [6, 6.07) is 19.3. The second-order valence-corrected chi connectivity index (χ2v) is 7.83. The highest BCUT2D eigenvalue weighted by Crippen LogP contribution is 2.33. The van der Waals surface area contributed by atoms with E-state index in [0.717, 1.165) is 16.5 Å². The summed E-state index contributed by atoms with van der Waals surface area (Å²) < 4.78 is 13.0. The molecule has 1 aliphatic rings. The highest BCUT2D eigenvalue weighted by atomic mass is 32.2. The number of hydrogen-bond donors (Lipinski definition) is 1. The van der Waals surface area contributed by atoms with Gasteiger partial charge in [-0.25, -0.2) is 9.38 Å². The minimum atomic E-state index is -0.547. The van der Waals surface area contributed by atoms with Gasteiger partial charge in [0.1, 0.15) is 11.1 Å². The maximum absolute atomic E-state index is 13.0. The monoisotopic (exact) mass is 407 g/mol. The first-order valence-electron chi connectivity index (χ1n) is 9.07. The largest absolute Gasteiger partial charge is 0.326 e. The summed E-state index contributed by atoms with van der Waals surface area (Å²) in [4.78, 5) is 31.1. The van der Waals surface area contributed by atoms with Crippen molar-refractivity contribution in [2.75, 3.05) is 12.4 Å². The van der Waals surface area contributed by atoms with Crippen LogP contribution in [0.15, 0.2) is 71.7 Å². The van der Waals surface area contributed by atoms with E-state index in [9.17, 15) is 14.0 Å². The highest BCUT2D eigenvalue weighted by Gasteiger charge is 2.37. The lowest BCUT2D eigenvalue weighted by Gasteiger charge is -2.10. The van der Waals surface area contributed by atoms with Crippen molar-refractivity contribution in [2.45, 2.75) is 11.7 Å². The molecule has 0 bridgehead atoms.